The maximum Gasteiger partial charge on any atom is 0.220 e. The molecule has 2 amide bonds. The van der Waals surface area contributed by atoms with E-state index in [0.717, 1.165) is 22.7 Å². The first-order valence-corrected chi connectivity index (χ1v) is 10.4. The van der Waals surface area contributed by atoms with E-state index in [-0.39, 0.29) is 23.4 Å². The van der Waals surface area contributed by atoms with Crippen LogP contribution in [-0.2, 0) is 16.0 Å². The van der Waals surface area contributed by atoms with Crippen molar-refractivity contribution >= 4 is 34.8 Å². The molecule has 0 aliphatic carbocycles. The number of aryl methyl sites for hydroxylation is 1. The summed E-state index contributed by atoms with van der Waals surface area (Å²) in [5.41, 5.74) is 1.62. The number of hydrogen-bond acceptors (Lipinski definition) is 4. The van der Waals surface area contributed by atoms with Crippen molar-refractivity contribution in [2.24, 2.45) is 0 Å². The van der Waals surface area contributed by atoms with Crippen molar-refractivity contribution in [3.63, 3.8) is 0 Å². The zero-order chi connectivity index (χ0) is 19.4. The summed E-state index contributed by atoms with van der Waals surface area (Å²) in [4.78, 5) is 28.7. The second-order valence-corrected chi connectivity index (χ2v) is 8.71. The number of carbonyl (C=O) groups is 2. The van der Waals surface area contributed by atoms with E-state index in [4.69, 9.17) is 11.6 Å². The van der Waals surface area contributed by atoms with Gasteiger partial charge in [0.25, 0.3) is 0 Å². The highest BCUT2D eigenvalue weighted by Crippen LogP contribution is 2.30. The highest BCUT2D eigenvalue weighted by Gasteiger charge is 2.37. The molecule has 2 heterocycles. The minimum atomic E-state index is -0.372. The van der Waals surface area contributed by atoms with Crippen LogP contribution in [0.5, 0.6) is 0 Å². The number of benzene rings is 1. The molecule has 1 aromatic heterocycles. The number of carbonyl (C=O) groups excluding carboxylic acids is 2. The molecule has 3 rings (SSSR count). The van der Waals surface area contributed by atoms with Gasteiger partial charge in [-0.05, 0) is 50.8 Å². The van der Waals surface area contributed by atoms with Crippen molar-refractivity contribution in [1.82, 2.24) is 15.6 Å². The van der Waals surface area contributed by atoms with Crippen LogP contribution in [0.15, 0.2) is 29.6 Å². The Labute approximate surface area is 168 Å². The van der Waals surface area contributed by atoms with Crippen molar-refractivity contribution in [2.45, 2.75) is 57.5 Å². The predicted octanol–water partition coefficient (Wildman–Crippen LogP) is 3.95. The van der Waals surface area contributed by atoms with E-state index in [1.54, 1.807) is 11.3 Å². The van der Waals surface area contributed by atoms with Gasteiger partial charge in [0, 0.05) is 28.8 Å². The summed E-state index contributed by atoms with van der Waals surface area (Å²) in [5.74, 6) is 0.0282. The summed E-state index contributed by atoms with van der Waals surface area (Å²) in [5, 5.41) is 9.77. The van der Waals surface area contributed by atoms with E-state index in [9.17, 15) is 9.59 Å². The van der Waals surface area contributed by atoms with Crippen LogP contribution in [0.1, 0.15) is 54.9 Å². The number of aromatic nitrogens is 1. The van der Waals surface area contributed by atoms with E-state index in [1.807, 2.05) is 43.5 Å². The van der Waals surface area contributed by atoms with Crippen LogP contribution < -0.4 is 10.6 Å². The molecule has 1 fully saturated rings. The van der Waals surface area contributed by atoms with Crippen LogP contribution in [0.3, 0.4) is 0 Å². The first-order chi connectivity index (χ1) is 12.8. The van der Waals surface area contributed by atoms with Gasteiger partial charge in [0.1, 0.15) is 0 Å². The zero-order valence-electron chi connectivity index (χ0n) is 15.5. The van der Waals surface area contributed by atoms with E-state index in [0.29, 0.717) is 30.7 Å². The van der Waals surface area contributed by atoms with E-state index >= 15 is 0 Å². The molecule has 5 nitrogen and oxygen atoms in total. The van der Waals surface area contributed by atoms with Gasteiger partial charge in [0.05, 0.1) is 16.7 Å². The molecular weight excluding hydrogens is 382 g/mol. The highest BCUT2D eigenvalue weighted by atomic mass is 35.5. The lowest BCUT2D eigenvalue weighted by Gasteiger charge is -2.29. The monoisotopic (exact) mass is 405 g/mol. The summed E-state index contributed by atoms with van der Waals surface area (Å²) in [6.45, 7) is 3.89. The van der Waals surface area contributed by atoms with Crippen LogP contribution in [-0.4, -0.2) is 22.3 Å². The summed E-state index contributed by atoms with van der Waals surface area (Å²) in [6.07, 6.45) is 2.91. The number of hydrogen-bond donors (Lipinski definition) is 2. The number of nitrogens with one attached hydrogen (secondary N) is 2. The Hall–Kier alpha value is -1.92. The summed E-state index contributed by atoms with van der Waals surface area (Å²) in [7, 11) is 0. The molecule has 1 aliphatic heterocycles. The standard InChI is InChI=1S/C20H24ClN3O2S/c1-13(17-12-27-14(2)23-17)22-18(25)7-9-20(10-8-19(26)24-20)11-15-3-5-16(21)6-4-15/h3-6,12-13H,7-11H2,1-2H3,(H,22,25)(H,24,26). The van der Waals surface area contributed by atoms with Gasteiger partial charge < -0.3 is 10.6 Å². The lowest BCUT2D eigenvalue weighted by Crippen LogP contribution is -2.44. The lowest BCUT2D eigenvalue weighted by molar-refractivity contribution is -0.123. The van der Waals surface area contributed by atoms with Gasteiger partial charge in [-0.15, -0.1) is 11.3 Å². The second-order valence-electron chi connectivity index (χ2n) is 7.21. The molecule has 2 aromatic rings. The van der Waals surface area contributed by atoms with Crippen molar-refractivity contribution in [1.29, 1.82) is 0 Å². The van der Waals surface area contributed by atoms with Gasteiger partial charge in [0.2, 0.25) is 11.8 Å². The first-order valence-electron chi connectivity index (χ1n) is 9.12. The van der Waals surface area contributed by atoms with E-state index < -0.39 is 0 Å². The molecule has 0 saturated carbocycles. The highest BCUT2D eigenvalue weighted by molar-refractivity contribution is 7.09. The molecule has 1 aliphatic rings. The topological polar surface area (TPSA) is 71.1 Å². The van der Waals surface area contributed by atoms with Crippen LogP contribution in [0.2, 0.25) is 5.02 Å². The van der Waals surface area contributed by atoms with Gasteiger partial charge in [-0.25, -0.2) is 4.98 Å². The average molecular weight is 406 g/mol. The lowest BCUT2D eigenvalue weighted by atomic mass is 9.85. The van der Waals surface area contributed by atoms with Crippen LogP contribution in [0, 0.1) is 6.92 Å². The maximum absolute atomic E-state index is 12.4. The Morgan fingerprint density at radius 2 is 2.15 bits per heavy atom. The molecule has 0 bridgehead atoms. The minimum absolute atomic E-state index is 0.0233. The normalized spacial score (nSPS) is 20.3. The second kappa shape index (κ2) is 8.40. The fourth-order valence-corrected chi connectivity index (χ4v) is 4.33. The van der Waals surface area contributed by atoms with Crippen LogP contribution in [0.25, 0.3) is 0 Å². The van der Waals surface area contributed by atoms with Crippen LogP contribution >= 0.6 is 22.9 Å². The Morgan fingerprint density at radius 3 is 2.74 bits per heavy atom. The summed E-state index contributed by atoms with van der Waals surface area (Å²) < 4.78 is 0. The molecule has 2 atom stereocenters. The quantitative estimate of drug-likeness (QED) is 0.732. The molecule has 7 heteroatoms. The summed E-state index contributed by atoms with van der Waals surface area (Å²) in [6, 6.07) is 7.53. The third-order valence-corrected chi connectivity index (χ3v) is 6.02. The number of thiazole rings is 1. The van der Waals surface area contributed by atoms with Gasteiger partial charge in [-0.3, -0.25) is 9.59 Å². The van der Waals surface area contributed by atoms with Gasteiger partial charge in [0.15, 0.2) is 0 Å². The van der Waals surface area contributed by atoms with Crippen LogP contribution in [0.4, 0.5) is 0 Å². The molecule has 2 unspecified atom stereocenters. The largest absolute Gasteiger partial charge is 0.350 e. The zero-order valence-corrected chi connectivity index (χ0v) is 17.1. The number of rotatable bonds is 7. The van der Waals surface area contributed by atoms with Gasteiger partial charge >= 0.3 is 0 Å². The molecule has 1 aromatic carbocycles. The third kappa shape index (κ3) is 5.30. The Bertz CT molecular complexity index is 821. The number of nitrogens with zero attached hydrogens (tertiary/aromatic N) is 1. The van der Waals surface area contributed by atoms with Crippen molar-refractivity contribution in [3.05, 3.63) is 50.9 Å². The Kier molecular flexibility index (Phi) is 6.17. The molecular formula is C20H24ClN3O2S. The molecule has 1 saturated heterocycles. The number of amides is 2. The van der Waals surface area contributed by atoms with Crippen molar-refractivity contribution < 1.29 is 9.59 Å². The van der Waals surface area contributed by atoms with Gasteiger partial charge in [-0.1, -0.05) is 23.7 Å². The van der Waals surface area contributed by atoms with E-state index in [1.165, 1.54) is 0 Å². The molecule has 2 N–H and O–H groups in total. The fraction of sp³-hybridized carbons (Fsp3) is 0.450. The Morgan fingerprint density at radius 1 is 1.41 bits per heavy atom. The molecule has 0 spiro atoms. The predicted molar refractivity (Wildman–Crippen MR) is 108 cm³/mol. The molecule has 27 heavy (non-hydrogen) atoms. The Balaban J connectivity index is 1.60. The number of halogens is 1. The fourth-order valence-electron chi connectivity index (χ4n) is 3.49. The van der Waals surface area contributed by atoms with Crippen molar-refractivity contribution in [2.75, 3.05) is 0 Å². The molecule has 144 valence electrons. The first kappa shape index (κ1) is 19.8. The molecule has 0 radical (unpaired) electrons. The van der Waals surface area contributed by atoms with Crippen molar-refractivity contribution in [3.8, 4) is 0 Å². The third-order valence-electron chi connectivity index (χ3n) is 4.98. The SMILES string of the molecule is Cc1nc(C(C)NC(=O)CCC2(Cc3ccc(Cl)cc3)CCC(=O)N2)cs1. The maximum atomic E-state index is 12.4. The van der Waals surface area contributed by atoms with E-state index in [2.05, 4.69) is 15.6 Å². The average Bonchev–Trinajstić information content (AvgIpc) is 3.22. The minimum Gasteiger partial charge on any atom is -0.350 e. The van der Waals surface area contributed by atoms with Gasteiger partial charge in [-0.2, -0.15) is 0 Å². The summed E-state index contributed by atoms with van der Waals surface area (Å²) >= 11 is 7.54. The smallest absolute Gasteiger partial charge is 0.220 e.